The van der Waals surface area contributed by atoms with E-state index < -0.39 is 12.0 Å². The lowest BCUT2D eigenvalue weighted by atomic mass is 10.1. The summed E-state index contributed by atoms with van der Waals surface area (Å²) < 4.78 is 4.76. The summed E-state index contributed by atoms with van der Waals surface area (Å²) in [6.07, 6.45) is 0. The molecule has 0 fully saturated rings. The molecule has 3 N–H and O–H groups in total. The van der Waals surface area contributed by atoms with Crippen LogP contribution in [0.5, 0.6) is 5.75 Å². The monoisotopic (exact) mass is 195 g/mol. The lowest BCUT2D eigenvalue weighted by Gasteiger charge is -2.10. The minimum atomic E-state index is -0.782. The minimum Gasteiger partial charge on any atom is -0.508 e. The van der Waals surface area contributed by atoms with Crippen molar-refractivity contribution in [3.05, 3.63) is 29.8 Å². The molecule has 0 aromatic heterocycles. The Labute approximate surface area is 82.3 Å². The number of benzene rings is 1. The van der Waals surface area contributed by atoms with Gasteiger partial charge in [0, 0.05) is 0 Å². The van der Waals surface area contributed by atoms with Crippen LogP contribution in [0.25, 0.3) is 0 Å². The van der Waals surface area contributed by atoms with Gasteiger partial charge in [-0.25, -0.2) is 4.79 Å². The van der Waals surface area contributed by atoms with Gasteiger partial charge in [0.25, 0.3) is 0 Å². The van der Waals surface area contributed by atoms with E-state index in [1.807, 2.05) is 0 Å². The number of rotatable bonds is 3. The lowest BCUT2D eigenvalue weighted by Crippen LogP contribution is -2.23. The van der Waals surface area contributed by atoms with Crippen molar-refractivity contribution in [2.24, 2.45) is 5.73 Å². The number of carbonyl (C=O) groups excluding carboxylic acids is 1. The third kappa shape index (κ3) is 2.47. The normalized spacial score (nSPS) is 12.1. The highest BCUT2D eigenvalue weighted by Crippen LogP contribution is 2.15. The molecule has 0 saturated heterocycles. The largest absolute Gasteiger partial charge is 0.508 e. The Bertz CT molecular complexity index is 308. The van der Waals surface area contributed by atoms with E-state index in [4.69, 9.17) is 15.6 Å². The van der Waals surface area contributed by atoms with E-state index in [-0.39, 0.29) is 5.75 Å². The molecule has 0 heterocycles. The average molecular weight is 195 g/mol. The Hall–Kier alpha value is -1.55. The van der Waals surface area contributed by atoms with Crippen molar-refractivity contribution in [3.63, 3.8) is 0 Å². The second kappa shape index (κ2) is 4.62. The third-order valence-corrected chi connectivity index (χ3v) is 1.79. The maximum Gasteiger partial charge on any atom is 0.327 e. The van der Waals surface area contributed by atoms with Crippen molar-refractivity contribution >= 4 is 5.97 Å². The number of phenolic OH excluding ortho intramolecular Hbond substituents is 1. The van der Waals surface area contributed by atoms with E-state index in [1.165, 1.54) is 12.1 Å². The predicted octanol–water partition coefficient (Wildman–Crippen LogP) is 0.955. The van der Waals surface area contributed by atoms with Crippen molar-refractivity contribution in [2.75, 3.05) is 6.61 Å². The van der Waals surface area contributed by atoms with Gasteiger partial charge < -0.3 is 15.6 Å². The second-order valence-electron chi connectivity index (χ2n) is 2.82. The zero-order valence-electron chi connectivity index (χ0n) is 7.93. The fourth-order valence-corrected chi connectivity index (χ4v) is 1.05. The Kier molecular flexibility index (Phi) is 3.48. The summed E-state index contributed by atoms with van der Waals surface area (Å²) in [5, 5.41) is 9.02. The molecule has 1 rings (SSSR count). The molecule has 76 valence electrons. The number of nitrogens with two attached hydrogens (primary N) is 1. The first-order valence-electron chi connectivity index (χ1n) is 4.36. The van der Waals surface area contributed by atoms with E-state index in [2.05, 4.69) is 0 Å². The molecule has 1 aromatic rings. The van der Waals surface area contributed by atoms with Gasteiger partial charge in [-0.05, 0) is 24.6 Å². The van der Waals surface area contributed by atoms with E-state index in [9.17, 15) is 4.79 Å². The fraction of sp³-hybridized carbons (Fsp3) is 0.300. The van der Waals surface area contributed by atoms with Crippen LogP contribution in [0.3, 0.4) is 0 Å². The van der Waals surface area contributed by atoms with Crippen molar-refractivity contribution in [3.8, 4) is 5.75 Å². The third-order valence-electron chi connectivity index (χ3n) is 1.79. The number of ether oxygens (including phenoxy) is 1. The van der Waals surface area contributed by atoms with Gasteiger partial charge in [0.05, 0.1) is 6.61 Å². The molecule has 1 aromatic carbocycles. The zero-order chi connectivity index (χ0) is 10.6. The van der Waals surface area contributed by atoms with Gasteiger partial charge in [-0.1, -0.05) is 12.1 Å². The van der Waals surface area contributed by atoms with Gasteiger partial charge in [0.1, 0.15) is 11.8 Å². The molecule has 14 heavy (non-hydrogen) atoms. The number of hydrogen-bond acceptors (Lipinski definition) is 4. The van der Waals surface area contributed by atoms with Gasteiger partial charge in [0.15, 0.2) is 0 Å². The Morgan fingerprint density at radius 1 is 1.50 bits per heavy atom. The van der Waals surface area contributed by atoms with E-state index in [0.29, 0.717) is 12.2 Å². The number of aromatic hydroxyl groups is 1. The fourth-order valence-electron chi connectivity index (χ4n) is 1.05. The minimum absolute atomic E-state index is 0.143. The van der Waals surface area contributed by atoms with Crippen molar-refractivity contribution in [1.82, 2.24) is 0 Å². The molecule has 1 unspecified atom stereocenters. The van der Waals surface area contributed by atoms with Crippen molar-refractivity contribution < 1.29 is 14.6 Å². The van der Waals surface area contributed by atoms with Gasteiger partial charge in [-0.3, -0.25) is 0 Å². The molecule has 0 aliphatic carbocycles. The molecule has 0 aliphatic rings. The summed E-state index contributed by atoms with van der Waals surface area (Å²) in [5.41, 5.74) is 6.24. The molecule has 0 radical (unpaired) electrons. The van der Waals surface area contributed by atoms with Crippen LogP contribution in [0.2, 0.25) is 0 Å². The highest BCUT2D eigenvalue weighted by Gasteiger charge is 2.16. The molecule has 0 bridgehead atoms. The molecule has 4 nitrogen and oxygen atoms in total. The lowest BCUT2D eigenvalue weighted by molar-refractivity contribution is -0.144. The average Bonchev–Trinajstić information content (AvgIpc) is 2.18. The highest BCUT2D eigenvalue weighted by molar-refractivity contribution is 5.77. The van der Waals surface area contributed by atoms with Crippen LogP contribution in [0, 0.1) is 0 Å². The van der Waals surface area contributed by atoms with Gasteiger partial charge in [0.2, 0.25) is 0 Å². The topological polar surface area (TPSA) is 72.5 Å². The Morgan fingerprint density at radius 2 is 2.07 bits per heavy atom. The van der Waals surface area contributed by atoms with E-state index >= 15 is 0 Å². The quantitative estimate of drug-likeness (QED) is 0.704. The number of hydrogen-bond donors (Lipinski definition) is 2. The van der Waals surface area contributed by atoms with Gasteiger partial charge >= 0.3 is 5.97 Å². The van der Waals surface area contributed by atoms with Crippen LogP contribution in [-0.4, -0.2) is 17.7 Å². The summed E-state index contributed by atoms with van der Waals surface area (Å²) in [5.74, 6) is -0.317. The summed E-state index contributed by atoms with van der Waals surface area (Å²) in [6.45, 7) is 2.03. The first-order valence-corrected chi connectivity index (χ1v) is 4.36. The second-order valence-corrected chi connectivity index (χ2v) is 2.82. The molecule has 0 saturated carbocycles. The van der Waals surface area contributed by atoms with E-state index in [1.54, 1.807) is 19.1 Å². The van der Waals surface area contributed by atoms with Crippen LogP contribution >= 0.6 is 0 Å². The van der Waals surface area contributed by atoms with Crippen molar-refractivity contribution in [1.29, 1.82) is 0 Å². The van der Waals surface area contributed by atoms with Crippen LogP contribution < -0.4 is 5.73 Å². The molecule has 0 amide bonds. The van der Waals surface area contributed by atoms with Crippen LogP contribution in [-0.2, 0) is 9.53 Å². The van der Waals surface area contributed by atoms with Crippen LogP contribution in [0.4, 0.5) is 0 Å². The Morgan fingerprint density at radius 3 is 2.57 bits per heavy atom. The number of carbonyl (C=O) groups is 1. The number of esters is 1. The molecule has 1 atom stereocenters. The SMILES string of the molecule is CCOC(=O)C(N)c1ccc(O)cc1. The first kappa shape index (κ1) is 10.5. The molecular weight excluding hydrogens is 182 g/mol. The smallest absolute Gasteiger partial charge is 0.327 e. The summed E-state index contributed by atoms with van der Waals surface area (Å²) in [7, 11) is 0. The summed E-state index contributed by atoms with van der Waals surface area (Å²) in [6, 6.07) is 5.37. The van der Waals surface area contributed by atoms with Gasteiger partial charge in [-0.15, -0.1) is 0 Å². The van der Waals surface area contributed by atoms with Crippen molar-refractivity contribution in [2.45, 2.75) is 13.0 Å². The predicted molar refractivity (Wildman–Crippen MR) is 51.7 cm³/mol. The van der Waals surface area contributed by atoms with Crippen LogP contribution in [0.1, 0.15) is 18.5 Å². The molecule has 4 heteroatoms. The standard InChI is InChI=1S/C10H13NO3/c1-2-14-10(13)9(11)7-3-5-8(12)6-4-7/h3-6,9,12H,2,11H2,1H3. The Balaban J connectivity index is 2.73. The summed E-state index contributed by atoms with van der Waals surface area (Å²) >= 11 is 0. The van der Waals surface area contributed by atoms with Gasteiger partial charge in [-0.2, -0.15) is 0 Å². The molecule has 0 aliphatic heterocycles. The number of phenols is 1. The van der Waals surface area contributed by atoms with Crippen LogP contribution in [0.15, 0.2) is 24.3 Å². The maximum atomic E-state index is 11.2. The molecular formula is C10H13NO3. The first-order chi connectivity index (χ1) is 6.65. The molecule has 0 spiro atoms. The maximum absolute atomic E-state index is 11.2. The summed E-state index contributed by atoms with van der Waals surface area (Å²) in [4.78, 5) is 11.2. The highest BCUT2D eigenvalue weighted by atomic mass is 16.5. The van der Waals surface area contributed by atoms with E-state index in [0.717, 1.165) is 0 Å². The zero-order valence-corrected chi connectivity index (χ0v) is 7.93.